The van der Waals surface area contributed by atoms with Gasteiger partial charge in [0.2, 0.25) is 0 Å². The molecule has 0 aromatic carbocycles. The van der Waals surface area contributed by atoms with E-state index in [4.69, 9.17) is 0 Å². The summed E-state index contributed by atoms with van der Waals surface area (Å²) in [7, 11) is 1.39. The standard InChI is InChI=1S/C14H26O3/c1-11(15)14(4,5)10-13(2,3)9-7-8-12(16)17-6/h7,9,11,15H,8,10H2,1-6H3/b9-7-. The van der Waals surface area contributed by atoms with Gasteiger partial charge in [-0.15, -0.1) is 0 Å². The van der Waals surface area contributed by atoms with Gasteiger partial charge in [0, 0.05) is 0 Å². The van der Waals surface area contributed by atoms with Crippen LogP contribution in [-0.2, 0) is 9.53 Å². The second kappa shape index (κ2) is 6.20. The maximum atomic E-state index is 11.0. The van der Waals surface area contributed by atoms with Crippen LogP contribution >= 0.6 is 0 Å². The molecular formula is C14H26O3. The summed E-state index contributed by atoms with van der Waals surface area (Å²) in [6, 6.07) is 0. The molecule has 0 aliphatic carbocycles. The van der Waals surface area contributed by atoms with E-state index in [-0.39, 0.29) is 22.9 Å². The molecule has 17 heavy (non-hydrogen) atoms. The first kappa shape index (κ1) is 16.2. The van der Waals surface area contributed by atoms with Gasteiger partial charge in [0.05, 0.1) is 19.6 Å². The molecule has 1 unspecified atom stereocenters. The summed E-state index contributed by atoms with van der Waals surface area (Å²) in [6.07, 6.45) is 4.67. The van der Waals surface area contributed by atoms with Gasteiger partial charge >= 0.3 is 5.97 Å². The predicted octanol–water partition coefficient (Wildman–Crippen LogP) is 2.93. The van der Waals surface area contributed by atoms with Crippen LogP contribution in [0.3, 0.4) is 0 Å². The first-order valence-corrected chi connectivity index (χ1v) is 6.03. The number of aliphatic hydroxyl groups excluding tert-OH is 1. The van der Waals surface area contributed by atoms with E-state index in [1.165, 1.54) is 7.11 Å². The van der Waals surface area contributed by atoms with Crippen molar-refractivity contribution in [1.82, 2.24) is 0 Å². The van der Waals surface area contributed by atoms with Crippen molar-refractivity contribution in [3.8, 4) is 0 Å². The number of aliphatic hydroxyl groups is 1. The molecule has 0 saturated heterocycles. The fraction of sp³-hybridized carbons (Fsp3) is 0.786. The highest BCUT2D eigenvalue weighted by Gasteiger charge is 2.30. The zero-order valence-corrected chi connectivity index (χ0v) is 11.9. The molecule has 0 spiro atoms. The zero-order chi connectivity index (χ0) is 13.7. The van der Waals surface area contributed by atoms with Gasteiger partial charge < -0.3 is 9.84 Å². The lowest BCUT2D eigenvalue weighted by Gasteiger charge is -2.35. The van der Waals surface area contributed by atoms with E-state index in [1.807, 2.05) is 32.9 Å². The fourth-order valence-electron chi connectivity index (χ4n) is 1.94. The summed E-state index contributed by atoms with van der Waals surface area (Å²) in [5.74, 6) is -0.230. The number of carbonyl (C=O) groups is 1. The number of allylic oxidation sites excluding steroid dienone is 1. The van der Waals surface area contributed by atoms with Gasteiger partial charge in [0.1, 0.15) is 0 Å². The summed E-state index contributed by atoms with van der Waals surface area (Å²) in [6.45, 7) is 10.1. The number of methoxy groups -OCH3 is 1. The van der Waals surface area contributed by atoms with Crippen LogP contribution in [0.25, 0.3) is 0 Å². The molecule has 100 valence electrons. The van der Waals surface area contributed by atoms with Crippen LogP contribution in [0.4, 0.5) is 0 Å². The van der Waals surface area contributed by atoms with Gasteiger partial charge in [-0.2, -0.15) is 0 Å². The van der Waals surface area contributed by atoms with Crippen LogP contribution in [-0.4, -0.2) is 24.3 Å². The average molecular weight is 242 g/mol. The third-order valence-electron chi connectivity index (χ3n) is 3.12. The average Bonchev–Trinajstić information content (AvgIpc) is 2.15. The highest BCUT2D eigenvalue weighted by molar-refractivity contribution is 5.70. The maximum Gasteiger partial charge on any atom is 0.309 e. The molecule has 0 bridgehead atoms. The van der Waals surface area contributed by atoms with Crippen LogP contribution in [0.15, 0.2) is 12.2 Å². The van der Waals surface area contributed by atoms with Gasteiger partial charge in [0.25, 0.3) is 0 Å². The molecule has 0 aliphatic heterocycles. The van der Waals surface area contributed by atoms with Crippen molar-refractivity contribution >= 4 is 5.97 Å². The lowest BCUT2D eigenvalue weighted by molar-refractivity contribution is -0.139. The second-order valence-electron chi connectivity index (χ2n) is 6.01. The second-order valence-corrected chi connectivity index (χ2v) is 6.01. The molecule has 0 aromatic rings. The van der Waals surface area contributed by atoms with Crippen LogP contribution in [0.5, 0.6) is 0 Å². The third-order valence-corrected chi connectivity index (χ3v) is 3.12. The Bertz CT molecular complexity index is 275. The smallest absolute Gasteiger partial charge is 0.309 e. The minimum atomic E-state index is -0.351. The number of hydrogen-bond donors (Lipinski definition) is 1. The SMILES string of the molecule is COC(=O)C/C=C\C(C)(C)CC(C)(C)C(C)O. The number of hydrogen-bond acceptors (Lipinski definition) is 3. The molecule has 0 radical (unpaired) electrons. The Morgan fingerprint density at radius 3 is 2.29 bits per heavy atom. The molecule has 3 nitrogen and oxygen atoms in total. The Balaban J connectivity index is 4.43. The summed E-state index contributed by atoms with van der Waals surface area (Å²) >= 11 is 0. The van der Waals surface area contributed by atoms with Crippen molar-refractivity contribution in [3.05, 3.63) is 12.2 Å². The number of esters is 1. The van der Waals surface area contributed by atoms with E-state index < -0.39 is 0 Å². The number of rotatable bonds is 6. The van der Waals surface area contributed by atoms with Crippen molar-refractivity contribution in [1.29, 1.82) is 0 Å². The lowest BCUT2D eigenvalue weighted by atomic mass is 9.72. The zero-order valence-electron chi connectivity index (χ0n) is 11.9. The van der Waals surface area contributed by atoms with E-state index in [9.17, 15) is 9.90 Å². The first-order chi connectivity index (χ1) is 7.60. The summed E-state index contributed by atoms with van der Waals surface area (Å²) in [5, 5.41) is 9.70. The molecule has 0 amide bonds. The van der Waals surface area contributed by atoms with Gasteiger partial charge in [-0.25, -0.2) is 0 Å². The molecule has 0 fully saturated rings. The molecule has 0 rings (SSSR count). The Morgan fingerprint density at radius 2 is 1.88 bits per heavy atom. The van der Waals surface area contributed by atoms with Crippen molar-refractivity contribution in [3.63, 3.8) is 0 Å². The Hall–Kier alpha value is -0.830. The van der Waals surface area contributed by atoms with Gasteiger partial charge in [-0.1, -0.05) is 39.8 Å². The topological polar surface area (TPSA) is 46.5 Å². The molecule has 1 N–H and O–H groups in total. The minimum absolute atomic E-state index is 0.0471. The third kappa shape index (κ3) is 6.47. The highest BCUT2D eigenvalue weighted by atomic mass is 16.5. The molecule has 3 heteroatoms. The Labute approximate surface area is 105 Å². The predicted molar refractivity (Wildman–Crippen MR) is 69.6 cm³/mol. The number of ether oxygens (including phenoxy) is 1. The molecule has 0 saturated carbocycles. The quantitative estimate of drug-likeness (QED) is 0.575. The van der Waals surface area contributed by atoms with E-state index in [0.717, 1.165) is 6.42 Å². The first-order valence-electron chi connectivity index (χ1n) is 6.03. The van der Waals surface area contributed by atoms with E-state index in [2.05, 4.69) is 18.6 Å². The van der Waals surface area contributed by atoms with Gasteiger partial charge in [0.15, 0.2) is 0 Å². The Morgan fingerprint density at radius 1 is 1.35 bits per heavy atom. The van der Waals surface area contributed by atoms with E-state index >= 15 is 0 Å². The largest absolute Gasteiger partial charge is 0.469 e. The molecule has 0 heterocycles. The summed E-state index contributed by atoms with van der Waals surface area (Å²) in [4.78, 5) is 11.0. The highest BCUT2D eigenvalue weighted by Crippen LogP contribution is 2.37. The van der Waals surface area contributed by atoms with Crippen molar-refractivity contribution in [2.75, 3.05) is 7.11 Å². The van der Waals surface area contributed by atoms with Crippen molar-refractivity contribution in [2.45, 2.75) is 53.6 Å². The fourth-order valence-corrected chi connectivity index (χ4v) is 1.94. The molecule has 1 atom stereocenters. The summed E-state index contributed by atoms with van der Waals surface area (Å²) in [5.41, 5.74) is -0.187. The van der Waals surface area contributed by atoms with Gasteiger partial charge in [-0.05, 0) is 24.2 Å². The van der Waals surface area contributed by atoms with E-state index in [0.29, 0.717) is 6.42 Å². The van der Waals surface area contributed by atoms with Crippen LogP contribution in [0.2, 0.25) is 0 Å². The van der Waals surface area contributed by atoms with Crippen LogP contribution in [0, 0.1) is 10.8 Å². The van der Waals surface area contributed by atoms with Crippen molar-refractivity contribution in [2.24, 2.45) is 10.8 Å². The molecule has 0 aromatic heterocycles. The van der Waals surface area contributed by atoms with E-state index in [1.54, 1.807) is 0 Å². The van der Waals surface area contributed by atoms with Gasteiger partial charge in [-0.3, -0.25) is 4.79 Å². The molecular weight excluding hydrogens is 216 g/mol. The monoisotopic (exact) mass is 242 g/mol. The number of carbonyl (C=O) groups excluding carboxylic acids is 1. The summed E-state index contributed by atoms with van der Waals surface area (Å²) < 4.78 is 4.57. The van der Waals surface area contributed by atoms with Crippen molar-refractivity contribution < 1.29 is 14.6 Å². The molecule has 0 aliphatic rings. The van der Waals surface area contributed by atoms with Crippen LogP contribution < -0.4 is 0 Å². The lowest BCUT2D eigenvalue weighted by Crippen LogP contribution is -2.31. The maximum absolute atomic E-state index is 11.0. The normalized spacial score (nSPS) is 15.0. The minimum Gasteiger partial charge on any atom is -0.469 e. The Kier molecular flexibility index (Phi) is 5.89. The van der Waals surface area contributed by atoms with Crippen LogP contribution in [0.1, 0.15) is 47.5 Å².